The van der Waals surface area contributed by atoms with Crippen LogP contribution in [0.4, 0.5) is 5.69 Å². The molecule has 0 bridgehead atoms. The number of ketones is 1. The molecule has 1 aliphatic rings. The quantitative estimate of drug-likeness (QED) is 0.318. The molecule has 31 heavy (non-hydrogen) atoms. The first kappa shape index (κ1) is 20.9. The Bertz CT molecular complexity index is 1130. The molecule has 0 saturated carbocycles. The summed E-state index contributed by atoms with van der Waals surface area (Å²) in [7, 11) is 0. The van der Waals surface area contributed by atoms with Crippen LogP contribution in [-0.2, 0) is 9.59 Å². The zero-order chi connectivity index (χ0) is 22.0. The Morgan fingerprint density at radius 1 is 1.06 bits per heavy atom. The molecule has 1 aromatic heterocycles. The van der Waals surface area contributed by atoms with Crippen molar-refractivity contribution in [3.05, 3.63) is 87.6 Å². The molecule has 5 nitrogen and oxygen atoms in total. The number of rotatable bonds is 6. The van der Waals surface area contributed by atoms with Gasteiger partial charge in [0.2, 0.25) is 0 Å². The van der Waals surface area contributed by atoms with Crippen LogP contribution in [0.25, 0.3) is 5.76 Å². The Labute approximate surface area is 185 Å². The van der Waals surface area contributed by atoms with E-state index in [4.69, 9.17) is 4.74 Å². The van der Waals surface area contributed by atoms with Crippen LogP contribution in [-0.4, -0.2) is 23.4 Å². The topological polar surface area (TPSA) is 66.8 Å². The van der Waals surface area contributed by atoms with Crippen LogP contribution in [0.3, 0.4) is 0 Å². The summed E-state index contributed by atoms with van der Waals surface area (Å²) in [6.45, 7) is 4.53. The second-order valence-electron chi connectivity index (χ2n) is 7.34. The second-order valence-corrected chi connectivity index (χ2v) is 8.32. The number of aliphatic hydroxyl groups is 1. The third-order valence-corrected chi connectivity index (χ3v) is 6.16. The van der Waals surface area contributed by atoms with Crippen molar-refractivity contribution in [2.75, 3.05) is 11.5 Å². The van der Waals surface area contributed by atoms with Gasteiger partial charge in [-0.3, -0.25) is 14.5 Å². The van der Waals surface area contributed by atoms with Gasteiger partial charge in [-0.1, -0.05) is 31.2 Å². The minimum Gasteiger partial charge on any atom is -0.507 e. The van der Waals surface area contributed by atoms with Gasteiger partial charge in [0.1, 0.15) is 17.6 Å². The SMILES string of the molecule is CCCOc1ccc(/C(O)=C2/C(=O)C(=O)N(c3ccccc3C)C2c2cccs2)cc1. The normalized spacial score (nSPS) is 17.9. The summed E-state index contributed by atoms with van der Waals surface area (Å²) in [6, 6.07) is 17.4. The van der Waals surface area contributed by atoms with Crippen molar-refractivity contribution in [1.29, 1.82) is 0 Å². The first-order valence-electron chi connectivity index (χ1n) is 10.2. The van der Waals surface area contributed by atoms with Gasteiger partial charge in [0.25, 0.3) is 11.7 Å². The number of Topliss-reactive ketones (excluding diaryl/α,β-unsaturated/α-hetero) is 1. The average molecular weight is 434 g/mol. The number of thiophene rings is 1. The van der Waals surface area contributed by atoms with Crippen molar-refractivity contribution in [3.8, 4) is 5.75 Å². The zero-order valence-electron chi connectivity index (χ0n) is 17.4. The summed E-state index contributed by atoms with van der Waals surface area (Å²) in [4.78, 5) is 28.5. The number of para-hydroxylation sites is 1. The van der Waals surface area contributed by atoms with Gasteiger partial charge >= 0.3 is 0 Å². The van der Waals surface area contributed by atoms with Crippen LogP contribution < -0.4 is 9.64 Å². The number of benzene rings is 2. The number of hydrogen-bond acceptors (Lipinski definition) is 5. The molecule has 0 radical (unpaired) electrons. The molecule has 158 valence electrons. The van der Waals surface area contributed by atoms with Gasteiger partial charge in [0, 0.05) is 16.1 Å². The smallest absolute Gasteiger partial charge is 0.300 e. The van der Waals surface area contributed by atoms with Gasteiger partial charge in [-0.25, -0.2) is 0 Å². The van der Waals surface area contributed by atoms with Gasteiger partial charge in [-0.05, 0) is 60.7 Å². The first-order valence-corrected chi connectivity index (χ1v) is 11.0. The summed E-state index contributed by atoms with van der Waals surface area (Å²) in [5.74, 6) is -0.828. The molecule has 0 spiro atoms. The molecule has 1 saturated heterocycles. The highest BCUT2D eigenvalue weighted by Crippen LogP contribution is 2.44. The lowest BCUT2D eigenvalue weighted by molar-refractivity contribution is -0.132. The number of carbonyl (C=O) groups excluding carboxylic acids is 2. The number of nitrogens with zero attached hydrogens (tertiary/aromatic N) is 1. The van der Waals surface area contributed by atoms with Crippen molar-refractivity contribution in [2.45, 2.75) is 26.3 Å². The highest BCUT2D eigenvalue weighted by Gasteiger charge is 2.47. The largest absolute Gasteiger partial charge is 0.507 e. The van der Waals surface area contributed by atoms with Gasteiger partial charge in [0.15, 0.2) is 0 Å². The molecule has 3 aromatic rings. The monoisotopic (exact) mass is 433 g/mol. The molecule has 1 unspecified atom stereocenters. The van der Waals surface area contributed by atoms with E-state index in [1.807, 2.05) is 55.6 Å². The maximum atomic E-state index is 13.1. The summed E-state index contributed by atoms with van der Waals surface area (Å²) in [6.07, 6.45) is 0.894. The maximum absolute atomic E-state index is 13.1. The minimum atomic E-state index is -0.689. The number of amides is 1. The van der Waals surface area contributed by atoms with E-state index in [0.717, 1.165) is 16.9 Å². The number of carbonyl (C=O) groups is 2. The van der Waals surface area contributed by atoms with E-state index in [-0.39, 0.29) is 11.3 Å². The predicted octanol–water partition coefficient (Wildman–Crippen LogP) is 5.47. The fraction of sp³-hybridized carbons (Fsp3) is 0.200. The Kier molecular flexibility index (Phi) is 5.91. The van der Waals surface area contributed by atoms with E-state index in [1.165, 1.54) is 16.2 Å². The van der Waals surface area contributed by atoms with Crippen molar-refractivity contribution in [1.82, 2.24) is 0 Å². The average Bonchev–Trinajstić information content (AvgIpc) is 3.40. The lowest BCUT2D eigenvalue weighted by Gasteiger charge is -2.25. The van der Waals surface area contributed by atoms with Crippen LogP contribution in [0.5, 0.6) is 5.75 Å². The van der Waals surface area contributed by atoms with Crippen LogP contribution in [0.2, 0.25) is 0 Å². The third-order valence-electron chi connectivity index (χ3n) is 5.23. The molecule has 2 heterocycles. The lowest BCUT2D eigenvalue weighted by Crippen LogP contribution is -2.29. The summed E-state index contributed by atoms with van der Waals surface area (Å²) >= 11 is 1.45. The number of aryl methyl sites for hydroxylation is 1. The fourth-order valence-corrected chi connectivity index (χ4v) is 4.54. The van der Waals surface area contributed by atoms with Gasteiger partial charge in [-0.2, -0.15) is 0 Å². The molecule has 1 amide bonds. The number of ether oxygens (including phenoxy) is 1. The standard InChI is InChI=1S/C25H23NO4S/c1-3-14-30-18-12-10-17(11-13-18)23(27)21-22(20-9-6-15-31-20)26(25(29)24(21)28)19-8-5-4-7-16(19)2/h4-13,15,22,27H,3,14H2,1-2H3/b23-21-. The van der Waals surface area contributed by atoms with Crippen LogP contribution >= 0.6 is 11.3 Å². The van der Waals surface area contributed by atoms with Gasteiger partial charge in [-0.15, -0.1) is 11.3 Å². The van der Waals surface area contributed by atoms with E-state index in [2.05, 4.69) is 0 Å². The Morgan fingerprint density at radius 2 is 1.81 bits per heavy atom. The molecule has 1 N–H and O–H groups in total. The van der Waals surface area contributed by atoms with E-state index in [9.17, 15) is 14.7 Å². The lowest BCUT2D eigenvalue weighted by atomic mass is 9.99. The molecular formula is C25H23NO4S. The zero-order valence-corrected chi connectivity index (χ0v) is 18.2. The Hall–Kier alpha value is -3.38. The van der Waals surface area contributed by atoms with E-state index in [0.29, 0.717) is 23.6 Å². The van der Waals surface area contributed by atoms with E-state index < -0.39 is 17.7 Å². The van der Waals surface area contributed by atoms with Crippen molar-refractivity contribution < 1.29 is 19.4 Å². The number of aliphatic hydroxyl groups excluding tert-OH is 1. The molecule has 1 aliphatic heterocycles. The van der Waals surface area contributed by atoms with Crippen LogP contribution in [0.15, 0.2) is 71.6 Å². The van der Waals surface area contributed by atoms with Crippen molar-refractivity contribution in [2.24, 2.45) is 0 Å². The minimum absolute atomic E-state index is 0.0953. The van der Waals surface area contributed by atoms with E-state index in [1.54, 1.807) is 24.3 Å². The number of anilines is 1. The highest BCUT2D eigenvalue weighted by molar-refractivity contribution is 7.10. The molecule has 0 aliphatic carbocycles. The molecule has 1 fully saturated rings. The third kappa shape index (κ3) is 3.86. The summed E-state index contributed by atoms with van der Waals surface area (Å²) in [5.41, 5.74) is 2.10. The Balaban J connectivity index is 1.83. The first-order chi connectivity index (χ1) is 15.0. The molecular weight excluding hydrogens is 410 g/mol. The number of hydrogen-bond donors (Lipinski definition) is 1. The second kappa shape index (κ2) is 8.78. The van der Waals surface area contributed by atoms with Crippen molar-refractivity contribution >= 4 is 34.5 Å². The summed E-state index contributed by atoms with van der Waals surface area (Å²) in [5, 5.41) is 13.0. The maximum Gasteiger partial charge on any atom is 0.300 e. The Morgan fingerprint density at radius 3 is 2.45 bits per heavy atom. The summed E-state index contributed by atoms with van der Waals surface area (Å²) < 4.78 is 5.60. The molecule has 4 rings (SSSR count). The highest BCUT2D eigenvalue weighted by atomic mass is 32.1. The molecule has 1 atom stereocenters. The predicted molar refractivity (Wildman–Crippen MR) is 123 cm³/mol. The molecule has 2 aromatic carbocycles. The van der Waals surface area contributed by atoms with Crippen molar-refractivity contribution in [3.63, 3.8) is 0 Å². The fourth-order valence-electron chi connectivity index (χ4n) is 3.72. The van der Waals surface area contributed by atoms with Crippen LogP contribution in [0, 0.1) is 6.92 Å². The van der Waals surface area contributed by atoms with Gasteiger partial charge in [0.05, 0.1) is 12.2 Å². The van der Waals surface area contributed by atoms with Gasteiger partial charge < -0.3 is 9.84 Å². The van der Waals surface area contributed by atoms with Crippen LogP contribution in [0.1, 0.15) is 35.4 Å². The van der Waals surface area contributed by atoms with E-state index >= 15 is 0 Å². The molecule has 6 heteroatoms.